The molecule has 1 aliphatic heterocycles. The van der Waals surface area contributed by atoms with Gasteiger partial charge in [-0.05, 0) is 36.2 Å². The molecule has 0 aliphatic carbocycles. The van der Waals surface area contributed by atoms with Crippen LogP contribution in [-0.4, -0.2) is 41.7 Å². The minimum atomic E-state index is 0.563. The second-order valence-electron chi connectivity index (χ2n) is 7.03. The van der Waals surface area contributed by atoms with Gasteiger partial charge < -0.3 is 18.8 Å². The fourth-order valence-corrected chi connectivity index (χ4v) is 4.72. The van der Waals surface area contributed by atoms with Crippen LogP contribution >= 0.6 is 35.0 Å². The highest BCUT2D eigenvalue weighted by Crippen LogP contribution is 2.39. The number of fused-ring (bicyclic) bond motifs is 1. The number of hydrogen-bond acceptors (Lipinski definition) is 6. The van der Waals surface area contributed by atoms with Crippen LogP contribution in [0.1, 0.15) is 18.4 Å². The summed E-state index contributed by atoms with van der Waals surface area (Å²) in [7, 11) is 1.70. The molecule has 4 rings (SSSR count). The standard InChI is InChI=1S/C22H23Cl2N3O3S/c1-28-9-4-8-27-21(16-6-2-3-7-17(16)23)25-26-22(27)31-14-15-12-18(24)20-19(13-15)29-10-5-11-30-20/h2-3,6-7,12-13H,4-5,8-11,14H2,1H3. The highest BCUT2D eigenvalue weighted by molar-refractivity contribution is 7.98. The Morgan fingerprint density at radius 2 is 1.94 bits per heavy atom. The van der Waals surface area contributed by atoms with Crippen LogP contribution in [0.3, 0.4) is 0 Å². The molecule has 31 heavy (non-hydrogen) atoms. The number of benzene rings is 2. The first-order valence-electron chi connectivity index (χ1n) is 10.0. The van der Waals surface area contributed by atoms with Crippen molar-refractivity contribution < 1.29 is 14.2 Å². The molecule has 0 spiro atoms. The molecule has 0 amide bonds. The fraction of sp³-hybridized carbons (Fsp3) is 0.364. The summed E-state index contributed by atoms with van der Waals surface area (Å²) in [4.78, 5) is 0. The maximum absolute atomic E-state index is 6.44. The van der Waals surface area contributed by atoms with Gasteiger partial charge in [0.15, 0.2) is 22.5 Å². The molecule has 0 fully saturated rings. The molecule has 164 valence electrons. The van der Waals surface area contributed by atoms with E-state index in [1.165, 1.54) is 0 Å². The first-order valence-corrected chi connectivity index (χ1v) is 11.8. The molecule has 3 aromatic rings. The van der Waals surface area contributed by atoms with Crippen molar-refractivity contribution in [2.75, 3.05) is 26.9 Å². The molecule has 0 N–H and O–H groups in total. The lowest BCUT2D eigenvalue weighted by Crippen LogP contribution is -2.05. The third-order valence-electron chi connectivity index (χ3n) is 4.79. The Morgan fingerprint density at radius 1 is 1.10 bits per heavy atom. The van der Waals surface area contributed by atoms with Crippen molar-refractivity contribution in [1.82, 2.24) is 14.8 Å². The van der Waals surface area contributed by atoms with Gasteiger partial charge in [0.25, 0.3) is 0 Å². The van der Waals surface area contributed by atoms with Gasteiger partial charge in [-0.1, -0.05) is 47.1 Å². The number of ether oxygens (including phenoxy) is 3. The van der Waals surface area contributed by atoms with E-state index in [0.29, 0.717) is 47.1 Å². The third-order valence-corrected chi connectivity index (χ3v) is 6.44. The summed E-state index contributed by atoms with van der Waals surface area (Å²) in [6.07, 6.45) is 1.68. The first-order chi connectivity index (χ1) is 15.2. The summed E-state index contributed by atoms with van der Waals surface area (Å²) in [6, 6.07) is 11.6. The first kappa shape index (κ1) is 22.3. The number of methoxy groups -OCH3 is 1. The Bertz CT molecular complexity index is 1040. The van der Waals surface area contributed by atoms with Gasteiger partial charge in [-0.15, -0.1) is 10.2 Å². The maximum atomic E-state index is 6.44. The number of rotatable bonds is 8. The number of thioether (sulfide) groups is 1. The molecule has 1 aromatic heterocycles. The molecule has 1 aliphatic rings. The van der Waals surface area contributed by atoms with Gasteiger partial charge >= 0.3 is 0 Å². The van der Waals surface area contributed by atoms with Crippen molar-refractivity contribution in [2.24, 2.45) is 0 Å². The summed E-state index contributed by atoms with van der Waals surface area (Å²) in [5.41, 5.74) is 1.89. The predicted molar refractivity (Wildman–Crippen MR) is 124 cm³/mol. The van der Waals surface area contributed by atoms with Crippen molar-refractivity contribution in [3.63, 3.8) is 0 Å². The van der Waals surface area contributed by atoms with Crippen LogP contribution in [0.15, 0.2) is 41.6 Å². The zero-order valence-electron chi connectivity index (χ0n) is 17.1. The van der Waals surface area contributed by atoms with Crippen molar-refractivity contribution in [1.29, 1.82) is 0 Å². The molecule has 0 saturated carbocycles. The third kappa shape index (κ3) is 5.29. The van der Waals surface area contributed by atoms with E-state index in [-0.39, 0.29) is 0 Å². The number of hydrogen-bond donors (Lipinski definition) is 0. The van der Waals surface area contributed by atoms with Crippen LogP contribution in [0.2, 0.25) is 10.0 Å². The van der Waals surface area contributed by atoms with Crippen molar-refractivity contribution in [3.8, 4) is 22.9 Å². The molecule has 6 nitrogen and oxygen atoms in total. The van der Waals surface area contributed by atoms with Crippen LogP contribution in [-0.2, 0) is 17.0 Å². The van der Waals surface area contributed by atoms with E-state index in [0.717, 1.165) is 41.5 Å². The minimum absolute atomic E-state index is 0.563. The molecular formula is C22H23Cl2N3O3S. The Balaban J connectivity index is 1.58. The minimum Gasteiger partial charge on any atom is -0.489 e. The topological polar surface area (TPSA) is 58.4 Å². The molecule has 0 unspecified atom stereocenters. The predicted octanol–water partition coefficient (Wildman–Crippen LogP) is 5.74. The average molecular weight is 480 g/mol. The van der Waals surface area contributed by atoms with Crippen LogP contribution in [0.25, 0.3) is 11.4 Å². The molecule has 0 saturated heterocycles. The van der Waals surface area contributed by atoms with Crippen molar-refractivity contribution in [3.05, 3.63) is 52.0 Å². The SMILES string of the molecule is COCCCn1c(SCc2cc(Cl)c3c(c2)OCCCO3)nnc1-c1ccccc1Cl. The lowest BCUT2D eigenvalue weighted by Gasteiger charge is -2.13. The van der Waals surface area contributed by atoms with E-state index in [2.05, 4.69) is 14.8 Å². The van der Waals surface area contributed by atoms with Gasteiger partial charge in [0.2, 0.25) is 0 Å². The summed E-state index contributed by atoms with van der Waals surface area (Å²) >= 11 is 14.5. The lowest BCUT2D eigenvalue weighted by atomic mass is 10.2. The molecule has 0 atom stereocenters. The monoisotopic (exact) mass is 479 g/mol. The summed E-state index contributed by atoms with van der Waals surface area (Å²) < 4.78 is 18.8. The number of nitrogens with zero attached hydrogens (tertiary/aromatic N) is 3. The van der Waals surface area contributed by atoms with E-state index in [1.807, 2.05) is 36.4 Å². The Morgan fingerprint density at radius 3 is 2.77 bits per heavy atom. The summed E-state index contributed by atoms with van der Waals surface area (Å²) in [6.45, 7) is 2.61. The number of aromatic nitrogens is 3. The second kappa shape index (κ2) is 10.6. The van der Waals surface area contributed by atoms with E-state index >= 15 is 0 Å². The van der Waals surface area contributed by atoms with E-state index in [1.54, 1.807) is 18.9 Å². The highest BCUT2D eigenvalue weighted by atomic mass is 35.5. The zero-order valence-corrected chi connectivity index (χ0v) is 19.5. The van der Waals surface area contributed by atoms with Crippen LogP contribution in [0.5, 0.6) is 11.5 Å². The normalized spacial score (nSPS) is 13.3. The van der Waals surface area contributed by atoms with Crippen molar-refractivity contribution >= 4 is 35.0 Å². The molecule has 2 heterocycles. The second-order valence-corrected chi connectivity index (χ2v) is 8.78. The van der Waals surface area contributed by atoms with Crippen LogP contribution in [0.4, 0.5) is 0 Å². The van der Waals surface area contributed by atoms with Crippen LogP contribution < -0.4 is 9.47 Å². The Kier molecular flexibility index (Phi) is 7.61. The van der Waals surface area contributed by atoms with E-state index in [9.17, 15) is 0 Å². The average Bonchev–Trinajstić information content (AvgIpc) is 2.99. The zero-order chi connectivity index (χ0) is 21.6. The maximum Gasteiger partial charge on any atom is 0.191 e. The van der Waals surface area contributed by atoms with E-state index < -0.39 is 0 Å². The van der Waals surface area contributed by atoms with Gasteiger partial charge in [-0.2, -0.15) is 0 Å². The summed E-state index contributed by atoms with van der Waals surface area (Å²) in [5.74, 6) is 2.73. The lowest BCUT2D eigenvalue weighted by molar-refractivity contribution is 0.189. The van der Waals surface area contributed by atoms with Gasteiger partial charge in [0, 0.05) is 38.0 Å². The fourth-order valence-electron chi connectivity index (χ4n) is 3.32. The molecule has 0 radical (unpaired) electrons. The summed E-state index contributed by atoms with van der Waals surface area (Å²) in [5, 5.41) is 10.9. The molecule has 9 heteroatoms. The quantitative estimate of drug-likeness (QED) is 0.303. The van der Waals surface area contributed by atoms with Crippen LogP contribution in [0, 0.1) is 0 Å². The Hall–Kier alpha value is -1.93. The molecular weight excluding hydrogens is 457 g/mol. The molecule has 2 aromatic carbocycles. The van der Waals surface area contributed by atoms with Crippen molar-refractivity contribution in [2.45, 2.75) is 30.3 Å². The smallest absolute Gasteiger partial charge is 0.191 e. The molecule has 0 bridgehead atoms. The Labute approximate surface area is 195 Å². The number of halogens is 2. The van der Waals surface area contributed by atoms with Gasteiger partial charge in [0.1, 0.15) is 0 Å². The van der Waals surface area contributed by atoms with Gasteiger partial charge in [0.05, 0.1) is 23.3 Å². The largest absolute Gasteiger partial charge is 0.489 e. The highest BCUT2D eigenvalue weighted by Gasteiger charge is 2.19. The van der Waals surface area contributed by atoms with E-state index in [4.69, 9.17) is 37.4 Å². The van der Waals surface area contributed by atoms with Gasteiger partial charge in [-0.25, -0.2) is 0 Å². The van der Waals surface area contributed by atoms with Gasteiger partial charge in [-0.3, -0.25) is 0 Å².